The van der Waals surface area contributed by atoms with Gasteiger partial charge in [0.1, 0.15) is 0 Å². The van der Waals surface area contributed by atoms with Crippen molar-refractivity contribution in [3.05, 3.63) is 0 Å². The second-order valence-electron chi connectivity index (χ2n) is 3.56. The van der Waals surface area contributed by atoms with Crippen molar-refractivity contribution in [2.24, 2.45) is 0 Å². The Bertz CT molecular complexity index is 226. The Morgan fingerprint density at radius 2 is 2.21 bits per heavy atom. The molecule has 3 heteroatoms. The molecule has 0 bridgehead atoms. The van der Waals surface area contributed by atoms with Crippen LogP contribution < -0.4 is 0 Å². The molecule has 3 nitrogen and oxygen atoms in total. The van der Waals surface area contributed by atoms with E-state index in [0.717, 1.165) is 38.8 Å². The zero-order valence-electron chi connectivity index (χ0n) is 8.75. The van der Waals surface area contributed by atoms with E-state index in [4.69, 9.17) is 16.6 Å². The Kier molecular flexibility index (Phi) is 4.31. The third-order valence-electron chi connectivity index (χ3n) is 2.38. The Morgan fingerprint density at radius 3 is 2.71 bits per heavy atom. The zero-order chi connectivity index (χ0) is 10.4. The number of hydrogen-bond acceptors (Lipinski definition) is 2. The summed E-state index contributed by atoms with van der Waals surface area (Å²) in [4.78, 5) is 1.94. The lowest BCUT2D eigenvalue weighted by Crippen LogP contribution is -2.32. The molecule has 1 N–H and O–H groups in total. The summed E-state index contributed by atoms with van der Waals surface area (Å²) < 4.78 is 5.40. The van der Waals surface area contributed by atoms with Crippen LogP contribution in [0.5, 0.6) is 0 Å². The van der Waals surface area contributed by atoms with E-state index in [0.29, 0.717) is 0 Å². The molecule has 1 fully saturated rings. The zero-order valence-corrected chi connectivity index (χ0v) is 8.75. The van der Waals surface area contributed by atoms with Gasteiger partial charge in [-0.05, 0) is 19.3 Å². The number of amidine groups is 1. The summed E-state index contributed by atoms with van der Waals surface area (Å²) in [6, 6.07) is 0.249. The first-order valence-electron chi connectivity index (χ1n) is 5.24. The van der Waals surface area contributed by atoms with Crippen LogP contribution in [0.4, 0.5) is 0 Å². The molecule has 78 valence electrons. The second kappa shape index (κ2) is 5.54. The Labute approximate surface area is 85.9 Å². The smallest absolute Gasteiger partial charge is 0.285 e. The molecule has 0 aromatic rings. The Balaban J connectivity index is 2.34. The molecule has 0 saturated carbocycles. The maximum Gasteiger partial charge on any atom is 0.285 e. The van der Waals surface area contributed by atoms with Gasteiger partial charge in [-0.15, -0.1) is 6.42 Å². The van der Waals surface area contributed by atoms with Gasteiger partial charge in [-0.3, -0.25) is 5.41 Å². The highest BCUT2D eigenvalue weighted by atomic mass is 16.5. The van der Waals surface area contributed by atoms with Crippen molar-refractivity contribution in [3.8, 4) is 12.3 Å². The quantitative estimate of drug-likeness (QED) is 0.423. The molecule has 1 heterocycles. The highest BCUT2D eigenvalue weighted by Crippen LogP contribution is 2.10. The molecule has 0 aromatic carbocycles. The fourth-order valence-electron chi connectivity index (χ4n) is 1.57. The van der Waals surface area contributed by atoms with E-state index in [1.807, 2.05) is 4.90 Å². The first-order chi connectivity index (χ1) is 6.77. The third-order valence-corrected chi connectivity index (χ3v) is 2.38. The van der Waals surface area contributed by atoms with Crippen molar-refractivity contribution >= 4 is 6.02 Å². The lowest BCUT2D eigenvalue weighted by Gasteiger charge is -2.21. The number of nitrogens with zero attached hydrogens (tertiary/aromatic N) is 1. The molecule has 1 rings (SSSR count). The first kappa shape index (κ1) is 10.9. The molecule has 1 aliphatic heterocycles. The minimum Gasteiger partial charge on any atom is -0.449 e. The van der Waals surface area contributed by atoms with Crippen LogP contribution in [0.15, 0.2) is 0 Å². The highest BCUT2D eigenvalue weighted by molar-refractivity contribution is 5.71. The number of nitrogens with one attached hydrogen (secondary N) is 1. The van der Waals surface area contributed by atoms with Gasteiger partial charge in [0.15, 0.2) is 6.10 Å². The average Bonchev–Trinajstić information content (AvgIpc) is 2.69. The Morgan fingerprint density at radius 1 is 1.57 bits per heavy atom. The van der Waals surface area contributed by atoms with E-state index in [9.17, 15) is 0 Å². The van der Waals surface area contributed by atoms with E-state index in [-0.39, 0.29) is 12.1 Å². The summed E-state index contributed by atoms with van der Waals surface area (Å²) >= 11 is 0. The van der Waals surface area contributed by atoms with Crippen LogP contribution in [-0.2, 0) is 4.74 Å². The number of hydrogen-bond donors (Lipinski definition) is 1. The highest BCUT2D eigenvalue weighted by Gasteiger charge is 2.18. The van der Waals surface area contributed by atoms with E-state index in [1.54, 1.807) is 0 Å². The number of ether oxygens (including phenoxy) is 1. The summed E-state index contributed by atoms with van der Waals surface area (Å²) in [7, 11) is 0. The average molecular weight is 194 g/mol. The first-order valence-corrected chi connectivity index (χ1v) is 5.24. The third kappa shape index (κ3) is 2.95. The van der Waals surface area contributed by atoms with Gasteiger partial charge in [0.05, 0.1) is 0 Å². The maximum absolute atomic E-state index is 7.71. The molecule has 0 spiro atoms. The molecule has 0 aliphatic carbocycles. The molecule has 1 atom stereocenters. The molecular formula is C11H18N2O. The summed E-state index contributed by atoms with van der Waals surface area (Å²) in [6.07, 6.45) is 9.21. The minimum absolute atomic E-state index is 0.229. The van der Waals surface area contributed by atoms with Gasteiger partial charge in [-0.25, -0.2) is 0 Å². The summed E-state index contributed by atoms with van der Waals surface area (Å²) in [5.41, 5.74) is 0. The SMILES string of the molecule is C#CC(CCC)OC(=N)N1CCCC1. The molecule has 1 saturated heterocycles. The molecule has 0 radical (unpaired) electrons. The van der Waals surface area contributed by atoms with E-state index in [1.165, 1.54) is 0 Å². The number of terminal acetylenes is 1. The van der Waals surface area contributed by atoms with Crippen LogP contribution in [0.1, 0.15) is 32.6 Å². The van der Waals surface area contributed by atoms with Crippen molar-refractivity contribution in [1.82, 2.24) is 4.90 Å². The summed E-state index contributed by atoms with van der Waals surface area (Å²) in [5.74, 6) is 2.57. The summed E-state index contributed by atoms with van der Waals surface area (Å²) in [5, 5.41) is 7.71. The largest absolute Gasteiger partial charge is 0.449 e. The lowest BCUT2D eigenvalue weighted by molar-refractivity contribution is 0.188. The Hall–Kier alpha value is -1.17. The van der Waals surface area contributed by atoms with Crippen molar-refractivity contribution in [3.63, 3.8) is 0 Å². The van der Waals surface area contributed by atoms with Gasteiger partial charge in [0.2, 0.25) is 0 Å². The van der Waals surface area contributed by atoms with Crippen LogP contribution >= 0.6 is 0 Å². The summed E-state index contributed by atoms with van der Waals surface area (Å²) in [6.45, 7) is 3.93. The molecular weight excluding hydrogens is 176 g/mol. The van der Waals surface area contributed by atoms with Gasteiger partial charge in [-0.1, -0.05) is 19.3 Å². The van der Waals surface area contributed by atoms with Gasteiger partial charge < -0.3 is 9.64 Å². The van der Waals surface area contributed by atoms with Crippen molar-refractivity contribution in [1.29, 1.82) is 5.41 Å². The standard InChI is InChI=1S/C11H18N2O/c1-3-7-10(4-2)14-11(12)13-8-5-6-9-13/h2,10,12H,3,5-9H2,1H3. The number of rotatable bonds is 3. The van der Waals surface area contributed by atoms with E-state index in [2.05, 4.69) is 12.8 Å². The van der Waals surface area contributed by atoms with Crippen LogP contribution in [-0.4, -0.2) is 30.1 Å². The van der Waals surface area contributed by atoms with Gasteiger partial charge >= 0.3 is 0 Å². The predicted octanol–water partition coefficient (Wildman–Crippen LogP) is 1.84. The van der Waals surface area contributed by atoms with Crippen LogP contribution in [0.25, 0.3) is 0 Å². The van der Waals surface area contributed by atoms with Crippen LogP contribution in [0, 0.1) is 17.8 Å². The topological polar surface area (TPSA) is 36.3 Å². The van der Waals surface area contributed by atoms with E-state index < -0.39 is 0 Å². The van der Waals surface area contributed by atoms with E-state index >= 15 is 0 Å². The number of likely N-dealkylation sites (tertiary alicyclic amines) is 1. The normalized spacial score (nSPS) is 17.6. The fourth-order valence-corrected chi connectivity index (χ4v) is 1.57. The van der Waals surface area contributed by atoms with Gasteiger partial charge in [0.25, 0.3) is 6.02 Å². The van der Waals surface area contributed by atoms with Crippen molar-refractivity contribution in [2.75, 3.05) is 13.1 Å². The molecule has 0 amide bonds. The van der Waals surface area contributed by atoms with Crippen LogP contribution in [0.2, 0.25) is 0 Å². The molecule has 14 heavy (non-hydrogen) atoms. The maximum atomic E-state index is 7.71. The van der Waals surface area contributed by atoms with Gasteiger partial charge in [0, 0.05) is 13.1 Å². The monoisotopic (exact) mass is 194 g/mol. The van der Waals surface area contributed by atoms with Crippen molar-refractivity contribution < 1.29 is 4.74 Å². The molecule has 0 aromatic heterocycles. The lowest BCUT2D eigenvalue weighted by atomic mass is 10.2. The van der Waals surface area contributed by atoms with Crippen LogP contribution in [0.3, 0.4) is 0 Å². The minimum atomic E-state index is -0.229. The predicted molar refractivity (Wildman–Crippen MR) is 57.1 cm³/mol. The fraction of sp³-hybridized carbons (Fsp3) is 0.727. The second-order valence-corrected chi connectivity index (χ2v) is 3.56. The molecule has 1 aliphatic rings. The molecule has 1 unspecified atom stereocenters. The van der Waals surface area contributed by atoms with Crippen molar-refractivity contribution in [2.45, 2.75) is 38.7 Å². The van der Waals surface area contributed by atoms with Gasteiger partial charge in [-0.2, -0.15) is 0 Å².